The second-order valence-corrected chi connectivity index (χ2v) is 5.43. The fraction of sp³-hybridized carbons (Fsp3) is 0.600. The molecule has 1 aromatic carbocycles. The molecule has 94 valence electrons. The number of hydrogen-bond acceptors (Lipinski definition) is 1. The van der Waals surface area contributed by atoms with Crippen LogP contribution in [0.5, 0.6) is 0 Å². The van der Waals surface area contributed by atoms with Gasteiger partial charge in [0.15, 0.2) is 0 Å². The van der Waals surface area contributed by atoms with Crippen LogP contribution in [-0.2, 0) is 0 Å². The molecule has 1 aromatic rings. The van der Waals surface area contributed by atoms with Crippen LogP contribution in [0.2, 0.25) is 0 Å². The predicted molar refractivity (Wildman–Crippen MR) is 69.3 cm³/mol. The molecule has 0 heterocycles. The highest BCUT2D eigenvalue weighted by atomic mass is 19.1. The van der Waals surface area contributed by atoms with Crippen molar-refractivity contribution in [2.45, 2.75) is 38.5 Å². The van der Waals surface area contributed by atoms with Gasteiger partial charge in [-0.25, -0.2) is 4.39 Å². The van der Waals surface area contributed by atoms with Gasteiger partial charge in [0.25, 0.3) is 0 Å². The molecule has 0 radical (unpaired) electrons. The van der Waals surface area contributed by atoms with E-state index >= 15 is 0 Å². The molecule has 0 spiro atoms. The minimum atomic E-state index is -0.148. The number of rotatable bonds is 3. The maximum absolute atomic E-state index is 13.3. The molecule has 2 heteroatoms. The molecule has 1 aliphatic carbocycles. The molecule has 0 aromatic heterocycles. The molecule has 2 N–H and O–H groups in total. The molecular formula is C15H22FN. The van der Waals surface area contributed by atoms with Gasteiger partial charge in [0.1, 0.15) is 5.82 Å². The topological polar surface area (TPSA) is 26.0 Å². The summed E-state index contributed by atoms with van der Waals surface area (Å²) in [5.74, 6) is 1.60. The summed E-state index contributed by atoms with van der Waals surface area (Å²) in [5.41, 5.74) is 6.98. The van der Waals surface area contributed by atoms with Crippen molar-refractivity contribution in [3.05, 3.63) is 35.6 Å². The maximum Gasteiger partial charge on any atom is 0.123 e. The van der Waals surface area contributed by atoms with E-state index in [9.17, 15) is 4.39 Å². The minimum absolute atomic E-state index is 0.148. The quantitative estimate of drug-likeness (QED) is 0.849. The van der Waals surface area contributed by atoms with E-state index in [1.54, 1.807) is 12.1 Å². The van der Waals surface area contributed by atoms with E-state index in [0.717, 1.165) is 11.5 Å². The van der Waals surface area contributed by atoms with E-state index in [0.29, 0.717) is 18.4 Å². The molecule has 1 nitrogen and oxygen atoms in total. The zero-order valence-electron chi connectivity index (χ0n) is 10.5. The van der Waals surface area contributed by atoms with Gasteiger partial charge in [-0.05, 0) is 54.8 Å². The Morgan fingerprint density at radius 2 is 2.24 bits per heavy atom. The second-order valence-electron chi connectivity index (χ2n) is 5.43. The normalized spacial score (nSPS) is 26.8. The lowest BCUT2D eigenvalue weighted by atomic mass is 9.73. The van der Waals surface area contributed by atoms with Crippen molar-refractivity contribution >= 4 is 0 Å². The van der Waals surface area contributed by atoms with Gasteiger partial charge >= 0.3 is 0 Å². The smallest absolute Gasteiger partial charge is 0.123 e. The maximum atomic E-state index is 13.3. The molecule has 3 unspecified atom stereocenters. The highest BCUT2D eigenvalue weighted by molar-refractivity contribution is 5.22. The zero-order chi connectivity index (χ0) is 12.3. The molecular weight excluding hydrogens is 213 g/mol. The first kappa shape index (κ1) is 12.6. The van der Waals surface area contributed by atoms with Crippen molar-refractivity contribution in [1.29, 1.82) is 0 Å². The highest BCUT2D eigenvalue weighted by Gasteiger charge is 2.26. The van der Waals surface area contributed by atoms with Crippen LogP contribution >= 0.6 is 0 Å². The third kappa shape index (κ3) is 3.06. The summed E-state index contributed by atoms with van der Waals surface area (Å²) in [7, 11) is 0. The first-order valence-corrected chi connectivity index (χ1v) is 6.66. The van der Waals surface area contributed by atoms with Gasteiger partial charge in [-0.15, -0.1) is 0 Å². The first-order chi connectivity index (χ1) is 8.20. The number of nitrogens with two attached hydrogens (primary N) is 1. The van der Waals surface area contributed by atoms with Gasteiger partial charge in [-0.3, -0.25) is 0 Å². The zero-order valence-corrected chi connectivity index (χ0v) is 10.5. The molecule has 1 saturated carbocycles. The number of halogens is 1. The molecule has 0 bridgehead atoms. The van der Waals surface area contributed by atoms with E-state index in [1.165, 1.54) is 31.7 Å². The second kappa shape index (κ2) is 5.63. The van der Waals surface area contributed by atoms with Gasteiger partial charge < -0.3 is 5.73 Å². The molecule has 0 saturated heterocycles. The third-order valence-corrected chi connectivity index (χ3v) is 4.08. The van der Waals surface area contributed by atoms with E-state index in [-0.39, 0.29) is 5.82 Å². The lowest BCUT2D eigenvalue weighted by molar-refractivity contribution is 0.247. The van der Waals surface area contributed by atoms with Crippen LogP contribution in [0.3, 0.4) is 0 Å². The molecule has 17 heavy (non-hydrogen) atoms. The lowest BCUT2D eigenvalue weighted by Gasteiger charge is -2.33. The Morgan fingerprint density at radius 3 is 2.88 bits per heavy atom. The molecule has 2 rings (SSSR count). The van der Waals surface area contributed by atoms with Crippen molar-refractivity contribution in [2.24, 2.45) is 17.6 Å². The first-order valence-electron chi connectivity index (χ1n) is 6.66. The summed E-state index contributed by atoms with van der Waals surface area (Å²) in [6, 6.07) is 6.96. The third-order valence-electron chi connectivity index (χ3n) is 4.08. The SMILES string of the molecule is CC1CCCC(C(CN)c2cccc(F)c2)C1. The number of benzene rings is 1. The van der Waals surface area contributed by atoms with E-state index < -0.39 is 0 Å². The predicted octanol–water partition coefficient (Wildman–Crippen LogP) is 3.69. The monoisotopic (exact) mass is 235 g/mol. The molecule has 3 atom stereocenters. The van der Waals surface area contributed by atoms with E-state index in [4.69, 9.17) is 5.73 Å². The average Bonchev–Trinajstić information content (AvgIpc) is 2.30. The van der Waals surface area contributed by atoms with Crippen LogP contribution in [-0.4, -0.2) is 6.54 Å². The largest absolute Gasteiger partial charge is 0.330 e. The molecule has 1 fully saturated rings. The van der Waals surface area contributed by atoms with Crippen molar-refractivity contribution in [3.8, 4) is 0 Å². The van der Waals surface area contributed by atoms with Crippen molar-refractivity contribution in [1.82, 2.24) is 0 Å². The van der Waals surface area contributed by atoms with Crippen LogP contribution in [0.15, 0.2) is 24.3 Å². The Balaban J connectivity index is 2.15. The Kier molecular flexibility index (Phi) is 4.16. The summed E-state index contributed by atoms with van der Waals surface area (Å²) in [5, 5.41) is 0. The Morgan fingerprint density at radius 1 is 1.41 bits per heavy atom. The summed E-state index contributed by atoms with van der Waals surface area (Å²) in [6.07, 6.45) is 5.09. The van der Waals surface area contributed by atoms with Crippen LogP contribution in [0.4, 0.5) is 4.39 Å². The fourth-order valence-corrected chi connectivity index (χ4v) is 3.18. The molecule has 0 amide bonds. The van der Waals surface area contributed by atoms with Crippen molar-refractivity contribution in [3.63, 3.8) is 0 Å². The average molecular weight is 235 g/mol. The van der Waals surface area contributed by atoms with Gasteiger partial charge in [-0.2, -0.15) is 0 Å². The van der Waals surface area contributed by atoms with Gasteiger partial charge in [0, 0.05) is 0 Å². The van der Waals surface area contributed by atoms with E-state index in [2.05, 4.69) is 6.92 Å². The van der Waals surface area contributed by atoms with E-state index in [1.807, 2.05) is 6.07 Å². The van der Waals surface area contributed by atoms with Crippen molar-refractivity contribution in [2.75, 3.05) is 6.54 Å². The molecule has 0 aliphatic heterocycles. The van der Waals surface area contributed by atoms with Crippen molar-refractivity contribution < 1.29 is 4.39 Å². The number of hydrogen-bond donors (Lipinski definition) is 1. The van der Waals surface area contributed by atoms with Gasteiger partial charge in [-0.1, -0.05) is 31.9 Å². The molecule has 1 aliphatic rings. The van der Waals surface area contributed by atoms with Crippen LogP contribution in [0, 0.1) is 17.7 Å². The van der Waals surface area contributed by atoms with Crippen LogP contribution in [0.1, 0.15) is 44.1 Å². The summed E-state index contributed by atoms with van der Waals surface area (Å²) < 4.78 is 13.3. The summed E-state index contributed by atoms with van der Waals surface area (Å²) >= 11 is 0. The lowest BCUT2D eigenvalue weighted by Crippen LogP contribution is -2.26. The Labute approximate surface area is 103 Å². The minimum Gasteiger partial charge on any atom is -0.330 e. The van der Waals surface area contributed by atoms with Crippen LogP contribution in [0.25, 0.3) is 0 Å². The van der Waals surface area contributed by atoms with Gasteiger partial charge in [0.2, 0.25) is 0 Å². The van der Waals surface area contributed by atoms with Crippen LogP contribution < -0.4 is 5.73 Å². The standard InChI is InChI=1S/C15H22FN/c1-11-4-2-5-12(8-11)15(10-17)13-6-3-7-14(16)9-13/h3,6-7,9,11-12,15H,2,4-5,8,10,17H2,1H3. The summed E-state index contributed by atoms with van der Waals surface area (Å²) in [6.45, 7) is 2.94. The fourth-order valence-electron chi connectivity index (χ4n) is 3.18. The Hall–Kier alpha value is -0.890. The Bertz CT molecular complexity index is 364. The van der Waals surface area contributed by atoms with Gasteiger partial charge in [0.05, 0.1) is 0 Å². The summed E-state index contributed by atoms with van der Waals surface area (Å²) in [4.78, 5) is 0. The highest BCUT2D eigenvalue weighted by Crippen LogP contribution is 2.38.